The summed E-state index contributed by atoms with van der Waals surface area (Å²) < 4.78 is 19.1. The summed E-state index contributed by atoms with van der Waals surface area (Å²) in [5, 5.41) is 22.0. The molecule has 9 heteroatoms. The van der Waals surface area contributed by atoms with Crippen molar-refractivity contribution in [3.05, 3.63) is 60.2 Å². The highest BCUT2D eigenvalue weighted by Gasteiger charge is 2.34. The highest BCUT2D eigenvalue weighted by atomic mass is 32.2. The van der Waals surface area contributed by atoms with Gasteiger partial charge in [-0.1, -0.05) is 0 Å². The molecule has 2 N–H and O–H groups in total. The van der Waals surface area contributed by atoms with Crippen LogP contribution in [0.15, 0.2) is 53.8 Å². The molecule has 3 heterocycles. The molecule has 7 nitrogen and oxygen atoms in total. The first-order valence-electron chi connectivity index (χ1n) is 11.8. The van der Waals surface area contributed by atoms with Crippen molar-refractivity contribution >= 4 is 28.6 Å². The number of rotatable bonds is 10. The Hall–Kier alpha value is -2.75. The minimum Gasteiger partial charge on any atom is -0.497 e. The van der Waals surface area contributed by atoms with Crippen LogP contribution in [0, 0.1) is 17.7 Å². The molecule has 3 atom stereocenters. The van der Waals surface area contributed by atoms with E-state index in [1.165, 1.54) is 17.8 Å². The van der Waals surface area contributed by atoms with Gasteiger partial charge in [0.05, 0.1) is 24.6 Å². The number of benzene rings is 1. The van der Waals surface area contributed by atoms with E-state index in [-0.39, 0.29) is 11.7 Å². The molecule has 35 heavy (non-hydrogen) atoms. The summed E-state index contributed by atoms with van der Waals surface area (Å²) in [5.41, 5.74) is 1.56. The van der Waals surface area contributed by atoms with Crippen LogP contribution in [0.4, 0.5) is 4.39 Å². The first-order valence-corrected chi connectivity index (χ1v) is 12.7. The summed E-state index contributed by atoms with van der Waals surface area (Å²) in [6, 6.07) is 10.3. The van der Waals surface area contributed by atoms with Gasteiger partial charge in [-0.15, -0.1) is 11.8 Å². The third-order valence-electron chi connectivity index (χ3n) is 6.68. The third kappa shape index (κ3) is 6.28. The van der Waals surface area contributed by atoms with E-state index in [0.29, 0.717) is 42.5 Å². The summed E-state index contributed by atoms with van der Waals surface area (Å²) in [5.74, 6) is -0.317. The Balaban J connectivity index is 1.34. The number of aliphatic hydroxyl groups is 1. The lowest BCUT2D eigenvalue weighted by atomic mass is 9.81. The molecular weight excluding hydrogens is 469 g/mol. The van der Waals surface area contributed by atoms with Crippen molar-refractivity contribution in [3.63, 3.8) is 0 Å². The summed E-state index contributed by atoms with van der Waals surface area (Å²) in [6.07, 6.45) is 4.37. The van der Waals surface area contributed by atoms with Gasteiger partial charge in [0, 0.05) is 36.6 Å². The molecule has 0 bridgehead atoms. The van der Waals surface area contributed by atoms with Crippen LogP contribution >= 0.6 is 11.8 Å². The molecule has 0 radical (unpaired) electrons. The number of aliphatic hydroxyl groups excluding tert-OH is 1. The molecule has 1 aliphatic heterocycles. The number of pyridine rings is 2. The lowest BCUT2D eigenvalue weighted by Crippen LogP contribution is -2.44. The van der Waals surface area contributed by atoms with Gasteiger partial charge in [-0.3, -0.25) is 9.78 Å². The first-order chi connectivity index (χ1) is 17.0. The number of hydrogen-bond acceptors (Lipinski definition) is 7. The van der Waals surface area contributed by atoms with Crippen LogP contribution in [0.1, 0.15) is 30.9 Å². The zero-order valence-electron chi connectivity index (χ0n) is 19.6. The number of carbonyl (C=O) groups is 1. The van der Waals surface area contributed by atoms with Crippen molar-refractivity contribution in [2.75, 3.05) is 32.5 Å². The summed E-state index contributed by atoms with van der Waals surface area (Å²) in [6.45, 7) is 1.91. The van der Waals surface area contributed by atoms with Gasteiger partial charge in [0.25, 0.3) is 0 Å². The Morgan fingerprint density at radius 3 is 2.91 bits per heavy atom. The van der Waals surface area contributed by atoms with E-state index in [0.717, 1.165) is 29.4 Å². The van der Waals surface area contributed by atoms with Crippen molar-refractivity contribution in [1.82, 2.24) is 14.9 Å². The molecule has 186 valence electrons. The Kier molecular flexibility index (Phi) is 8.54. The standard InChI is InChI=1S/C26H30FN3O4S/c1-34-18-5-6-23-20(15-18)19(8-11-28-23)24(31)7-4-17-9-12-30(16-21(17)26(32)33)13-14-35-25-22(27)3-2-10-29-25/h2-3,5-6,8,10-11,15,17,21,24,31H,4,7,9,12-14,16H2,1H3,(H,32,33)/t17-,21+,24-/m1/s1. The van der Waals surface area contributed by atoms with E-state index in [1.54, 1.807) is 25.6 Å². The van der Waals surface area contributed by atoms with E-state index in [2.05, 4.69) is 14.9 Å². The van der Waals surface area contributed by atoms with Gasteiger partial charge < -0.3 is 19.8 Å². The topological polar surface area (TPSA) is 95.8 Å². The quantitative estimate of drug-likeness (QED) is 0.396. The zero-order valence-corrected chi connectivity index (χ0v) is 20.5. The van der Waals surface area contributed by atoms with Gasteiger partial charge >= 0.3 is 5.97 Å². The highest BCUT2D eigenvalue weighted by Crippen LogP contribution is 2.34. The number of aliphatic carboxylic acids is 1. The second-order valence-electron chi connectivity index (χ2n) is 8.81. The number of thioether (sulfide) groups is 1. The van der Waals surface area contributed by atoms with Crippen molar-refractivity contribution in [2.24, 2.45) is 11.8 Å². The number of ether oxygens (including phenoxy) is 1. The van der Waals surface area contributed by atoms with Crippen LogP contribution in [0.2, 0.25) is 0 Å². The van der Waals surface area contributed by atoms with Crippen molar-refractivity contribution in [3.8, 4) is 5.75 Å². The number of hydrogen-bond donors (Lipinski definition) is 2. The summed E-state index contributed by atoms with van der Waals surface area (Å²) >= 11 is 1.34. The molecule has 0 amide bonds. The van der Waals surface area contributed by atoms with Crippen molar-refractivity contribution < 1.29 is 24.1 Å². The van der Waals surface area contributed by atoms with Crippen molar-refractivity contribution in [2.45, 2.75) is 30.4 Å². The molecule has 0 spiro atoms. The Morgan fingerprint density at radius 1 is 1.29 bits per heavy atom. The number of fused-ring (bicyclic) bond motifs is 1. The smallest absolute Gasteiger partial charge is 0.308 e. The van der Waals surface area contributed by atoms with Gasteiger partial charge in [0.1, 0.15) is 10.8 Å². The first kappa shape index (κ1) is 25.3. The number of likely N-dealkylation sites (tertiary alicyclic amines) is 1. The lowest BCUT2D eigenvalue weighted by molar-refractivity contribution is -0.146. The normalized spacial score (nSPS) is 19.5. The van der Waals surface area contributed by atoms with E-state index >= 15 is 0 Å². The molecular formula is C26H30FN3O4S. The van der Waals surface area contributed by atoms with Crippen LogP contribution < -0.4 is 4.74 Å². The predicted molar refractivity (Wildman–Crippen MR) is 133 cm³/mol. The van der Waals surface area contributed by atoms with Gasteiger partial charge in [0.2, 0.25) is 0 Å². The maximum Gasteiger partial charge on any atom is 0.308 e. The second-order valence-corrected chi connectivity index (χ2v) is 9.89. The molecule has 2 aromatic heterocycles. The van der Waals surface area contributed by atoms with E-state index < -0.39 is 18.0 Å². The fourth-order valence-electron chi connectivity index (χ4n) is 4.74. The maximum atomic E-state index is 13.8. The molecule has 1 saturated heterocycles. The molecule has 0 aliphatic carbocycles. The molecule has 1 fully saturated rings. The predicted octanol–water partition coefficient (Wildman–Crippen LogP) is 4.41. The Labute approximate surface area is 208 Å². The van der Waals surface area contributed by atoms with Crippen LogP contribution in [0.25, 0.3) is 10.9 Å². The van der Waals surface area contributed by atoms with Gasteiger partial charge in [-0.25, -0.2) is 9.37 Å². The molecule has 0 unspecified atom stereocenters. The minimum absolute atomic E-state index is 0.0121. The molecule has 0 saturated carbocycles. The zero-order chi connectivity index (χ0) is 24.8. The Bertz CT molecular complexity index is 1160. The number of piperidine rings is 1. The summed E-state index contributed by atoms with van der Waals surface area (Å²) in [7, 11) is 1.60. The summed E-state index contributed by atoms with van der Waals surface area (Å²) in [4.78, 5) is 22.6. The number of carboxylic acid groups (broad SMARTS) is 1. The van der Waals surface area contributed by atoms with E-state index in [4.69, 9.17) is 4.74 Å². The molecule has 4 rings (SSSR count). The molecule has 1 aromatic carbocycles. The fraction of sp³-hybridized carbons (Fsp3) is 0.423. The SMILES string of the molecule is COc1ccc2nccc([C@H](O)CC[C@@H]3CCN(CCSc4ncccc4F)C[C@@H]3C(=O)O)c2c1. The highest BCUT2D eigenvalue weighted by molar-refractivity contribution is 7.99. The van der Waals surface area contributed by atoms with Crippen LogP contribution in [0.5, 0.6) is 5.75 Å². The average Bonchev–Trinajstić information content (AvgIpc) is 2.88. The molecule has 3 aromatic rings. The van der Waals surface area contributed by atoms with Crippen LogP contribution in [-0.2, 0) is 4.79 Å². The lowest BCUT2D eigenvalue weighted by Gasteiger charge is -2.36. The minimum atomic E-state index is -0.809. The third-order valence-corrected chi connectivity index (χ3v) is 7.64. The molecule has 1 aliphatic rings. The van der Waals surface area contributed by atoms with Gasteiger partial charge in [-0.05, 0) is 73.7 Å². The number of nitrogens with zero attached hydrogens (tertiary/aromatic N) is 3. The number of halogens is 1. The largest absolute Gasteiger partial charge is 0.497 e. The number of aromatic nitrogens is 2. The average molecular weight is 500 g/mol. The monoisotopic (exact) mass is 499 g/mol. The van der Waals surface area contributed by atoms with Crippen LogP contribution in [-0.4, -0.2) is 63.5 Å². The Morgan fingerprint density at radius 2 is 2.14 bits per heavy atom. The fourth-order valence-corrected chi connectivity index (χ4v) is 5.62. The van der Waals surface area contributed by atoms with Crippen molar-refractivity contribution in [1.29, 1.82) is 0 Å². The maximum absolute atomic E-state index is 13.8. The van der Waals surface area contributed by atoms with E-state index in [9.17, 15) is 19.4 Å². The van der Waals surface area contributed by atoms with Gasteiger partial charge in [-0.2, -0.15) is 0 Å². The number of carboxylic acids is 1. The second kappa shape index (κ2) is 11.8. The van der Waals surface area contributed by atoms with E-state index in [1.807, 2.05) is 24.3 Å². The van der Waals surface area contributed by atoms with Gasteiger partial charge in [0.15, 0.2) is 5.82 Å². The van der Waals surface area contributed by atoms with Crippen LogP contribution in [0.3, 0.4) is 0 Å². The number of methoxy groups -OCH3 is 1.